The second kappa shape index (κ2) is 6.88. The number of amides is 1. The molecule has 2 aromatic rings. The van der Waals surface area contributed by atoms with E-state index in [4.69, 9.17) is 5.11 Å². The minimum atomic E-state index is -0.986. The monoisotopic (exact) mass is 289 g/mol. The average molecular weight is 289 g/mol. The van der Waals surface area contributed by atoms with E-state index in [1.165, 1.54) is 4.90 Å². The number of nitrogens with zero attached hydrogens (tertiary/aromatic N) is 2. The highest BCUT2D eigenvalue weighted by Gasteiger charge is 2.16. The Hall–Kier alpha value is -2.37. The fourth-order valence-corrected chi connectivity index (χ4v) is 2.23. The van der Waals surface area contributed by atoms with E-state index in [0.29, 0.717) is 13.0 Å². The van der Waals surface area contributed by atoms with Crippen LogP contribution >= 0.6 is 0 Å². The topological polar surface area (TPSA) is 86.3 Å². The van der Waals surface area contributed by atoms with Gasteiger partial charge in [-0.05, 0) is 18.6 Å². The quantitative estimate of drug-likeness (QED) is 0.814. The molecule has 0 saturated heterocycles. The molecule has 21 heavy (non-hydrogen) atoms. The van der Waals surface area contributed by atoms with Gasteiger partial charge in [0, 0.05) is 19.4 Å². The summed E-state index contributed by atoms with van der Waals surface area (Å²) >= 11 is 0. The van der Waals surface area contributed by atoms with Crippen LogP contribution in [0.25, 0.3) is 11.0 Å². The van der Waals surface area contributed by atoms with Crippen LogP contribution in [0.3, 0.4) is 0 Å². The number of hydrogen-bond acceptors (Lipinski definition) is 3. The third kappa shape index (κ3) is 4.05. The summed E-state index contributed by atoms with van der Waals surface area (Å²) in [4.78, 5) is 31.8. The van der Waals surface area contributed by atoms with E-state index >= 15 is 0 Å². The minimum absolute atomic E-state index is 0.153. The standard InChI is InChI=1S/C15H19N3O3/c1-2-9-18(10-15(20)21)14(19)8-7-13-16-11-5-3-4-6-12(11)17-13/h3-6H,2,7-10H2,1H3,(H,16,17)(H,20,21). The Labute approximate surface area is 122 Å². The lowest BCUT2D eigenvalue weighted by Crippen LogP contribution is -2.36. The fraction of sp³-hybridized carbons (Fsp3) is 0.400. The zero-order chi connectivity index (χ0) is 15.2. The third-order valence-electron chi connectivity index (χ3n) is 3.19. The molecule has 112 valence electrons. The minimum Gasteiger partial charge on any atom is -0.480 e. The summed E-state index contributed by atoms with van der Waals surface area (Å²) in [5, 5.41) is 8.83. The molecule has 0 aliphatic heterocycles. The van der Waals surface area contributed by atoms with Crippen LogP contribution in [0, 0.1) is 0 Å². The number of carbonyl (C=O) groups is 2. The van der Waals surface area contributed by atoms with Crippen LogP contribution in [0.2, 0.25) is 0 Å². The van der Waals surface area contributed by atoms with Gasteiger partial charge in [0.25, 0.3) is 0 Å². The first-order valence-corrected chi connectivity index (χ1v) is 7.03. The number of para-hydroxylation sites is 2. The van der Waals surface area contributed by atoms with Gasteiger partial charge in [-0.1, -0.05) is 19.1 Å². The van der Waals surface area contributed by atoms with Gasteiger partial charge in [0.1, 0.15) is 12.4 Å². The molecule has 1 amide bonds. The van der Waals surface area contributed by atoms with Crippen molar-refractivity contribution >= 4 is 22.9 Å². The van der Waals surface area contributed by atoms with Gasteiger partial charge in [0.15, 0.2) is 0 Å². The summed E-state index contributed by atoms with van der Waals surface area (Å²) < 4.78 is 0. The number of imidazole rings is 1. The van der Waals surface area contributed by atoms with E-state index in [2.05, 4.69) is 9.97 Å². The number of H-pyrrole nitrogens is 1. The number of aryl methyl sites for hydroxylation is 1. The molecule has 1 aromatic heterocycles. The number of benzene rings is 1. The Kier molecular flexibility index (Phi) is 4.92. The van der Waals surface area contributed by atoms with Crippen LogP contribution in [0.4, 0.5) is 0 Å². The average Bonchev–Trinajstić information content (AvgIpc) is 2.86. The maximum atomic E-state index is 12.1. The molecule has 0 aliphatic rings. The van der Waals surface area contributed by atoms with Crippen LogP contribution in [-0.2, 0) is 16.0 Å². The number of carboxylic acid groups (broad SMARTS) is 1. The van der Waals surface area contributed by atoms with Crippen molar-refractivity contribution < 1.29 is 14.7 Å². The van der Waals surface area contributed by atoms with Crippen molar-refractivity contribution in [2.75, 3.05) is 13.1 Å². The molecule has 2 N–H and O–H groups in total. The number of fused-ring (bicyclic) bond motifs is 1. The highest BCUT2D eigenvalue weighted by Crippen LogP contribution is 2.11. The first-order chi connectivity index (χ1) is 10.1. The van der Waals surface area contributed by atoms with E-state index < -0.39 is 5.97 Å². The van der Waals surface area contributed by atoms with Gasteiger partial charge in [-0.25, -0.2) is 4.98 Å². The Bertz CT molecular complexity index is 603. The SMILES string of the molecule is CCCN(CC(=O)O)C(=O)CCc1nc2ccccc2[nH]1. The number of hydrogen-bond donors (Lipinski definition) is 2. The molecule has 0 bridgehead atoms. The van der Waals surface area contributed by atoms with Gasteiger partial charge in [0.2, 0.25) is 5.91 Å². The summed E-state index contributed by atoms with van der Waals surface area (Å²) in [6, 6.07) is 7.67. The zero-order valence-electron chi connectivity index (χ0n) is 12.0. The van der Waals surface area contributed by atoms with E-state index in [-0.39, 0.29) is 18.9 Å². The van der Waals surface area contributed by atoms with Gasteiger partial charge in [-0.2, -0.15) is 0 Å². The van der Waals surface area contributed by atoms with Crippen molar-refractivity contribution in [3.8, 4) is 0 Å². The molecule has 0 spiro atoms. The van der Waals surface area contributed by atoms with Gasteiger partial charge in [-0.15, -0.1) is 0 Å². The maximum absolute atomic E-state index is 12.1. The molecule has 1 aromatic carbocycles. The Balaban J connectivity index is 1.96. The van der Waals surface area contributed by atoms with E-state index in [1.54, 1.807) is 0 Å². The Morgan fingerprint density at radius 1 is 1.33 bits per heavy atom. The van der Waals surface area contributed by atoms with Crippen molar-refractivity contribution in [2.45, 2.75) is 26.2 Å². The summed E-state index contributed by atoms with van der Waals surface area (Å²) in [6.45, 7) is 2.14. The molecule has 6 nitrogen and oxygen atoms in total. The van der Waals surface area contributed by atoms with Crippen molar-refractivity contribution in [1.29, 1.82) is 0 Å². The van der Waals surface area contributed by atoms with Crippen LogP contribution in [-0.4, -0.2) is 44.9 Å². The van der Waals surface area contributed by atoms with Crippen molar-refractivity contribution in [3.63, 3.8) is 0 Å². The first kappa shape index (κ1) is 15.0. The summed E-state index contributed by atoms with van der Waals surface area (Å²) in [5.74, 6) is -0.392. The lowest BCUT2D eigenvalue weighted by Gasteiger charge is -2.19. The summed E-state index contributed by atoms with van der Waals surface area (Å²) in [7, 11) is 0. The molecule has 0 saturated carbocycles. The number of rotatable bonds is 7. The second-order valence-electron chi connectivity index (χ2n) is 4.91. The van der Waals surface area contributed by atoms with Crippen LogP contribution < -0.4 is 0 Å². The van der Waals surface area contributed by atoms with Crippen molar-refractivity contribution in [3.05, 3.63) is 30.1 Å². The van der Waals surface area contributed by atoms with Crippen LogP contribution in [0.15, 0.2) is 24.3 Å². The molecule has 6 heteroatoms. The number of carbonyl (C=O) groups excluding carboxylic acids is 1. The maximum Gasteiger partial charge on any atom is 0.323 e. The molecule has 0 unspecified atom stereocenters. The molecule has 0 aliphatic carbocycles. The smallest absolute Gasteiger partial charge is 0.323 e. The van der Waals surface area contributed by atoms with Gasteiger partial charge in [0.05, 0.1) is 11.0 Å². The van der Waals surface area contributed by atoms with Gasteiger partial charge >= 0.3 is 5.97 Å². The first-order valence-electron chi connectivity index (χ1n) is 7.03. The molecule has 0 fully saturated rings. The predicted molar refractivity (Wildman–Crippen MR) is 78.9 cm³/mol. The fourth-order valence-electron chi connectivity index (χ4n) is 2.23. The molecular weight excluding hydrogens is 270 g/mol. The Morgan fingerprint density at radius 2 is 2.10 bits per heavy atom. The second-order valence-corrected chi connectivity index (χ2v) is 4.91. The molecule has 0 radical (unpaired) electrons. The number of aromatic nitrogens is 2. The summed E-state index contributed by atoms with van der Waals surface area (Å²) in [5.41, 5.74) is 1.81. The van der Waals surface area contributed by atoms with Crippen LogP contribution in [0.5, 0.6) is 0 Å². The number of nitrogens with one attached hydrogen (secondary N) is 1. The van der Waals surface area contributed by atoms with E-state index in [0.717, 1.165) is 23.3 Å². The normalized spacial score (nSPS) is 10.7. The van der Waals surface area contributed by atoms with E-state index in [9.17, 15) is 9.59 Å². The van der Waals surface area contributed by atoms with Crippen LogP contribution in [0.1, 0.15) is 25.6 Å². The lowest BCUT2D eigenvalue weighted by atomic mass is 10.2. The predicted octanol–water partition coefficient (Wildman–Crippen LogP) is 1.82. The van der Waals surface area contributed by atoms with E-state index in [1.807, 2.05) is 31.2 Å². The molecule has 1 heterocycles. The Morgan fingerprint density at radius 3 is 2.76 bits per heavy atom. The largest absolute Gasteiger partial charge is 0.480 e. The number of aliphatic carboxylic acids is 1. The highest BCUT2D eigenvalue weighted by atomic mass is 16.4. The number of carboxylic acids is 1. The molecule has 0 atom stereocenters. The lowest BCUT2D eigenvalue weighted by molar-refractivity contribution is -0.144. The van der Waals surface area contributed by atoms with Gasteiger partial charge < -0.3 is 15.0 Å². The third-order valence-corrected chi connectivity index (χ3v) is 3.19. The highest BCUT2D eigenvalue weighted by molar-refractivity contribution is 5.81. The summed E-state index contributed by atoms with van der Waals surface area (Å²) in [6.07, 6.45) is 1.48. The molecular formula is C15H19N3O3. The zero-order valence-corrected chi connectivity index (χ0v) is 12.0. The van der Waals surface area contributed by atoms with Crippen molar-refractivity contribution in [1.82, 2.24) is 14.9 Å². The molecule has 2 rings (SSSR count). The van der Waals surface area contributed by atoms with Gasteiger partial charge in [-0.3, -0.25) is 9.59 Å². The number of aromatic amines is 1. The van der Waals surface area contributed by atoms with Crippen molar-refractivity contribution in [2.24, 2.45) is 0 Å².